The zero-order chi connectivity index (χ0) is 17.0. The molecule has 122 valence electrons. The number of carbonyl (C=O) groups is 1. The van der Waals surface area contributed by atoms with Crippen LogP contribution in [-0.4, -0.2) is 12.0 Å². The van der Waals surface area contributed by atoms with Gasteiger partial charge in [0.2, 0.25) is 0 Å². The minimum absolute atomic E-state index is 0.238. The molecule has 0 aliphatic carbocycles. The van der Waals surface area contributed by atoms with E-state index in [1.165, 1.54) is 0 Å². The number of hydrogen-bond acceptors (Lipinski definition) is 2. The largest absolute Gasteiger partial charge is 0.480 e. The van der Waals surface area contributed by atoms with E-state index < -0.39 is 6.10 Å². The molecule has 2 aromatic carbocycles. The maximum Gasteiger partial charge on any atom is 0.265 e. The molecule has 0 saturated carbocycles. The number of ether oxygens (including phenoxy) is 1. The first kappa shape index (κ1) is 17.6. The van der Waals surface area contributed by atoms with Crippen LogP contribution >= 0.6 is 23.2 Å². The number of nitrogens with one attached hydrogen (secondary N) is 1. The molecule has 0 unspecified atom stereocenters. The van der Waals surface area contributed by atoms with E-state index in [0.717, 1.165) is 11.1 Å². The van der Waals surface area contributed by atoms with Crippen molar-refractivity contribution in [3.63, 3.8) is 0 Å². The molecular weight excluding hydrogens is 333 g/mol. The lowest BCUT2D eigenvalue weighted by atomic mass is 10.1. The Bertz CT molecular complexity index is 716. The summed E-state index contributed by atoms with van der Waals surface area (Å²) in [5.41, 5.74) is 2.67. The summed E-state index contributed by atoms with van der Waals surface area (Å²) in [6, 6.07) is 10.7. The Kier molecular flexibility index (Phi) is 5.91. The highest BCUT2D eigenvalue weighted by Gasteiger charge is 2.20. The summed E-state index contributed by atoms with van der Waals surface area (Å²) in [6.45, 7) is 5.89. The molecule has 0 aromatic heterocycles. The van der Waals surface area contributed by atoms with E-state index in [0.29, 0.717) is 27.9 Å². The lowest BCUT2D eigenvalue weighted by Gasteiger charge is -2.19. The first-order valence-corrected chi connectivity index (χ1v) is 8.16. The number of rotatable bonds is 5. The normalized spacial score (nSPS) is 11.9. The summed E-state index contributed by atoms with van der Waals surface area (Å²) in [7, 11) is 0. The molecule has 0 aliphatic rings. The highest BCUT2D eigenvalue weighted by atomic mass is 35.5. The number of aryl methyl sites for hydroxylation is 1. The molecule has 0 heterocycles. The molecular formula is C18H19Cl2NO2. The highest BCUT2D eigenvalue weighted by Crippen LogP contribution is 2.26. The van der Waals surface area contributed by atoms with Gasteiger partial charge in [0.25, 0.3) is 5.91 Å². The van der Waals surface area contributed by atoms with E-state index >= 15 is 0 Å². The monoisotopic (exact) mass is 351 g/mol. The van der Waals surface area contributed by atoms with Crippen molar-refractivity contribution in [3.05, 3.63) is 57.6 Å². The predicted molar refractivity (Wildman–Crippen MR) is 95.7 cm³/mol. The summed E-state index contributed by atoms with van der Waals surface area (Å²) < 4.78 is 5.89. The third-order valence-corrected chi connectivity index (χ3v) is 4.22. The van der Waals surface area contributed by atoms with Crippen LogP contribution in [0.5, 0.6) is 5.75 Å². The van der Waals surface area contributed by atoms with Gasteiger partial charge in [-0.25, -0.2) is 0 Å². The molecule has 23 heavy (non-hydrogen) atoms. The van der Waals surface area contributed by atoms with Crippen molar-refractivity contribution < 1.29 is 9.53 Å². The van der Waals surface area contributed by atoms with Gasteiger partial charge in [-0.2, -0.15) is 0 Å². The Morgan fingerprint density at radius 1 is 1.22 bits per heavy atom. The predicted octanol–water partition coefficient (Wildman–Crippen LogP) is 5.41. The van der Waals surface area contributed by atoms with Crippen molar-refractivity contribution in [2.75, 3.05) is 5.32 Å². The number of hydrogen-bond donors (Lipinski definition) is 1. The van der Waals surface area contributed by atoms with Crippen LogP contribution in [0.3, 0.4) is 0 Å². The fourth-order valence-corrected chi connectivity index (χ4v) is 2.59. The summed E-state index contributed by atoms with van der Waals surface area (Å²) in [5.74, 6) is 0.479. The molecule has 3 nitrogen and oxygen atoms in total. The number of anilines is 1. The van der Waals surface area contributed by atoms with Gasteiger partial charge in [-0.15, -0.1) is 0 Å². The first-order chi connectivity index (χ1) is 10.9. The van der Waals surface area contributed by atoms with E-state index in [9.17, 15) is 4.79 Å². The number of benzene rings is 2. The second-order valence-corrected chi connectivity index (χ2v) is 6.17. The smallest absolute Gasteiger partial charge is 0.265 e. The number of carbonyl (C=O) groups excluding carboxylic acids is 1. The zero-order valence-electron chi connectivity index (χ0n) is 13.3. The summed E-state index contributed by atoms with van der Waals surface area (Å²) in [4.78, 5) is 12.5. The SMILES string of the molecule is CC[C@H](Oc1cccc(C)c1C)C(=O)Nc1ccc(Cl)cc1Cl. The molecule has 0 radical (unpaired) electrons. The van der Waals surface area contributed by atoms with Crippen LogP contribution in [0.2, 0.25) is 10.0 Å². The van der Waals surface area contributed by atoms with Crippen LogP contribution in [0.1, 0.15) is 24.5 Å². The Labute approximate surface area is 146 Å². The van der Waals surface area contributed by atoms with E-state index in [-0.39, 0.29) is 5.91 Å². The van der Waals surface area contributed by atoms with Crippen LogP contribution in [0.25, 0.3) is 0 Å². The van der Waals surface area contributed by atoms with E-state index in [1.54, 1.807) is 18.2 Å². The molecule has 0 saturated heterocycles. The highest BCUT2D eigenvalue weighted by molar-refractivity contribution is 6.36. The van der Waals surface area contributed by atoms with Gasteiger partial charge in [0.15, 0.2) is 6.10 Å². The van der Waals surface area contributed by atoms with Gasteiger partial charge in [0.05, 0.1) is 10.7 Å². The topological polar surface area (TPSA) is 38.3 Å². The fraction of sp³-hybridized carbons (Fsp3) is 0.278. The van der Waals surface area contributed by atoms with Crippen molar-refractivity contribution >= 4 is 34.8 Å². The third-order valence-electron chi connectivity index (χ3n) is 3.68. The van der Waals surface area contributed by atoms with Crippen LogP contribution < -0.4 is 10.1 Å². The zero-order valence-corrected chi connectivity index (χ0v) is 14.8. The van der Waals surface area contributed by atoms with Crippen LogP contribution in [0, 0.1) is 13.8 Å². The Morgan fingerprint density at radius 2 is 1.96 bits per heavy atom. The lowest BCUT2D eigenvalue weighted by Crippen LogP contribution is -2.32. The summed E-state index contributed by atoms with van der Waals surface area (Å²) in [6.07, 6.45) is -0.0491. The van der Waals surface area contributed by atoms with Crippen molar-refractivity contribution in [1.82, 2.24) is 0 Å². The standard InChI is InChI=1S/C18H19Cl2NO2/c1-4-16(23-17-7-5-6-11(2)12(17)3)18(22)21-15-9-8-13(19)10-14(15)20/h5-10,16H,4H2,1-3H3,(H,21,22)/t16-/m0/s1. The van der Waals surface area contributed by atoms with Crippen molar-refractivity contribution in [1.29, 1.82) is 0 Å². The van der Waals surface area contributed by atoms with Gasteiger partial charge in [0, 0.05) is 5.02 Å². The first-order valence-electron chi connectivity index (χ1n) is 7.41. The molecule has 0 fully saturated rings. The van der Waals surface area contributed by atoms with Crippen LogP contribution in [0.15, 0.2) is 36.4 Å². The Hall–Kier alpha value is -1.71. The minimum atomic E-state index is -0.595. The van der Waals surface area contributed by atoms with E-state index in [1.807, 2.05) is 39.0 Å². The molecule has 2 rings (SSSR count). The quantitative estimate of drug-likeness (QED) is 0.782. The average Bonchev–Trinajstić information content (AvgIpc) is 2.51. The van der Waals surface area contributed by atoms with E-state index in [2.05, 4.69) is 5.32 Å². The molecule has 0 spiro atoms. The molecule has 1 atom stereocenters. The van der Waals surface area contributed by atoms with Crippen LogP contribution in [0.4, 0.5) is 5.69 Å². The maximum atomic E-state index is 12.5. The second-order valence-electron chi connectivity index (χ2n) is 5.33. The van der Waals surface area contributed by atoms with Gasteiger partial charge in [-0.05, 0) is 55.7 Å². The minimum Gasteiger partial charge on any atom is -0.480 e. The van der Waals surface area contributed by atoms with E-state index in [4.69, 9.17) is 27.9 Å². The van der Waals surface area contributed by atoms with Gasteiger partial charge < -0.3 is 10.1 Å². The summed E-state index contributed by atoms with van der Waals surface area (Å²) in [5, 5.41) is 3.70. The second kappa shape index (κ2) is 7.71. The van der Waals surface area contributed by atoms with Gasteiger partial charge in [0.1, 0.15) is 5.75 Å². The average molecular weight is 352 g/mol. The van der Waals surface area contributed by atoms with Gasteiger partial charge in [-0.1, -0.05) is 42.3 Å². The number of amides is 1. The molecule has 5 heteroatoms. The van der Waals surface area contributed by atoms with Crippen molar-refractivity contribution in [3.8, 4) is 5.75 Å². The Morgan fingerprint density at radius 3 is 2.61 bits per heavy atom. The maximum absolute atomic E-state index is 12.5. The molecule has 1 amide bonds. The summed E-state index contributed by atoms with van der Waals surface area (Å²) >= 11 is 11.9. The molecule has 0 aliphatic heterocycles. The fourth-order valence-electron chi connectivity index (χ4n) is 2.13. The van der Waals surface area contributed by atoms with Gasteiger partial charge in [-0.3, -0.25) is 4.79 Å². The molecule has 2 aromatic rings. The Balaban J connectivity index is 2.14. The van der Waals surface area contributed by atoms with Crippen molar-refractivity contribution in [2.24, 2.45) is 0 Å². The third kappa shape index (κ3) is 4.40. The molecule has 0 bridgehead atoms. The van der Waals surface area contributed by atoms with Crippen molar-refractivity contribution in [2.45, 2.75) is 33.3 Å². The lowest BCUT2D eigenvalue weighted by molar-refractivity contribution is -0.122. The van der Waals surface area contributed by atoms with Gasteiger partial charge >= 0.3 is 0 Å². The number of halogens is 2. The molecule has 1 N–H and O–H groups in total. The van der Waals surface area contributed by atoms with Crippen LogP contribution in [-0.2, 0) is 4.79 Å².